The lowest BCUT2D eigenvalue weighted by molar-refractivity contribution is -0.384. The van der Waals surface area contributed by atoms with Gasteiger partial charge in [-0.2, -0.15) is 5.10 Å². The molecule has 34 heavy (non-hydrogen) atoms. The first-order chi connectivity index (χ1) is 16.4. The van der Waals surface area contributed by atoms with Gasteiger partial charge in [0.05, 0.1) is 11.5 Å². The topological polar surface area (TPSA) is 99.3 Å². The standard InChI is InChI=1S/C25H21ClN4O4/c1-17-13-24(28-29(17)15-18-5-7-21(26)8-6-18)27-25(31)20-4-2-3-19(14-20)16-34-23-11-9-22(10-12-23)30(32)33/h2-14H,15-16H2,1H3,(H,27,28,31). The first kappa shape index (κ1) is 23.0. The van der Waals surface area contributed by atoms with Crippen molar-refractivity contribution < 1.29 is 14.5 Å². The van der Waals surface area contributed by atoms with E-state index >= 15 is 0 Å². The third-order valence-corrected chi connectivity index (χ3v) is 5.36. The van der Waals surface area contributed by atoms with E-state index in [9.17, 15) is 14.9 Å². The molecule has 0 atom stereocenters. The SMILES string of the molecule is Cc1cc(NC(=O)c2cccc(COc3ccc([N+](=O)[O-])cc3)c2)nn1Cc1ccc(Cl)cc1. The maximum absolute atomic E-state index is 12.8. The summed E-state index contributed by atoms with van der Waals surface area (Å²) in [6.45, 7) is 2.71. The normalized spacial score (nSPS) is 10.6. The van der Waals surface area contributed by atoms with Crippen LogP contribution in [0.1, 0.15) is 27.2 Å². The summed E-state index contributed by atoms with van der Waals surface area (Å²) in [7, 11) is 0. The summed E-state index contributed by atoms with van der Waals surface area (Å²) in [5, 5.41) is 18.8. The zero-order valence-corrected chi connectivity index (χ0v) is 19.0. The highest BCUT2D eigenvalue weighted by molar-refractivity contribution is 6.30. The number of hydrogen-bond acceptors (Lipinski definition) is 5. The van der Waals surface area contributed by atoms with Crippen molar-refractivity contribution in [2.75, 3.05) is 5.32 Å². The van der Waals surface area contributed by atoms with Gasteiger partial charge < -0.3 is 10.1 Å². The smallest absolute Gasteiger partial charge is 0.269 e. The van der Waals surface area contributed by atoms with Gasteiger partial charge in [-0.25, -0.2) is 0 Å². The fourth-order valence-corrected chi connectivity index (χ4v) is 3.44. The van der Waals surface area contributed by atoms with E-state index in [0.29, 0.717) is 28.7 Å². The fourth-order valence-electron chi connectivity index (χ4n) is 3.32. The number of hydrogen-bond donors (Lipinski definition) is 1. The van der Waals surface area contributed by atoms with Crippen LogP contribution in [-0.2, 0) is 13.2 Å². The van der Waals surface area contributed by atoms with Gasteiger partial charge in [-0.3, -0.25) is 19.6 Å². The zero-order chi connectivity index (χ0) is 24.1. The average Bonchev–Trinajstić information content (AvgIpc) is 3.17. The molecule has 172 valence electrons. The number of rotatable bonds is 8. The molecule has 4 aromatic rings. The molecule has 1 heterocycles. The molecule has 0 bridgehead atoms. The number of nitro benzene ring substituents is 1. The lowest BCUT2D eigenvalue weighted by Gasteiger charge is -2.08. The number of aryl methyl sites for hydroxylation is 1. The van der Waals surface area contributed by atoms with Gasteiger partial charge in [-0.1, -0.05) is 35.9 Å². The quantitative estimate of drug-likeness (QED) is 0.262. The number of anilines is 1. The number of nitrogens with zero attached hydrogens (tertiary/aromatic N) is 3. The van der Waals surface area contributed by atoms with Crippen LogP contribution in [0.4, 0.5) is 11.5 Å². The Kier molecular flexibility index (Phi) is 6.89. The van der Waals surface area contributed by atoms with Crippen molar-refractivity contribution >= 4 is 29.0 Å². The van der Waals surface area contributed by atoms with Gasteiger partial charge in [0.1, 0.15) is 12.4 Å². The third-order valence-electron chi connectivity index (χ3n) is 5.11. The summed E-state index contributed by atoms with van der Waals surface area (Å²) in [5.41, 5.74) is 3.21. The Morgan fingerprint density at radius 1 is 1.06 bits per heavy atom. The Balaban J connectivity index is 1.38. The molecule has 0 fully saturated rings. The molecule has 0 unspecified atom stereocenters. The van der Waals surface area contributed by atoms with Crippen LogP contribution in [0.5, 0.6) is 5.75 Å². The van der Waals surface area contributed by atoms with Crippen molar-refractivity contribution in [1.82, 2.24) is 9.78 Å². The number of carbonyl (C=O) groups is 1. The van der Waals surface area contributed by atoms with Gasteiger partial charge in [-0.15, -0.1) is 0 Å². The van der Waals surface area contributed by atoms with E-state index in [1.54, 1.807) is 18.2 Å². The Labute approximate surface area is 200 Å². The molecule has 0 saturated carbocycles. The summed E-state index contributed by atoms with van der Waals surface area (Å²) in [5.74, 6) is 0.680. The second-order valence-corrected chi connectivity index (χ2v) is 8.09. The number of nitro groups is 1. The summed E-state index contributed by atoms with van der Waals surface area (Å²) in [4.78, 5) is 23.1. The van der Waals surface area contributed by atoms with Crippen molar-refractivity contribution in [3.8, 4) is 5.75 Å². The molecule has 3 aromatic carbocycles. The zero-order valence-electron chi connectivity index (χ0n) is 18.3. The highest BCUT2D eigenvalue weighted by atomic mass is 35.5. The van der Waals surface area contributed by atoms with Gasteiger partial charge in [0, 0.05) is 34.5 Å². The number of non-ortho nitro benzene ring substituents is 1. The van der Waals surface area contributed by atoms with Gasteiger partial charge in [-0.05, 0) is 54.4 Å². The molecule has 1 N–H and O–H groups in total. The van der Waals surface area contributed by atoms with E-state index < -0.39 is 4.92 Å². The molecule has 8 nitrogen and oxygen atoms in total. The van der Waals surface area contributed by atoms with E-state index in [0.717, 1.165) is 16.8 Å². The fraction of sp³-hybridized carbons (Fsp3) is 0.120. The number of ether oxygens (including phenoxy) is 1. The largest absolute Gasteiger partial charge is 0.489 e. The van der Waals surface area contributed by atoms with Crippen molar-refractivity contribution in [1.29, 1.82) is 0 Å². The van der Waals surface area contributed by atoms with Crippen molar-refractivity contribution in [3.63, 3.8) is 0 Å². The van der Waals surface area contributed by atoms with Gasteiger partial charge >= 0.3 is 0 Å². The summed E-state index contributed by atoms with van der Waals surface area (Å²) in [6.07, 6.45) is 0. The van der Waals surface area contributed by atoms with Crippen LogP contribution in [0.25, 0.3) is 0 Å². The monoisotopic (exact) mass is 476 g/mol. The first-order valence-electron chi connectivity index (χ1n) is 10.4. The van der Waals surface area contributed by atoms with Crippen LogP contribution in [0, 0.1) is 17.0 Å². The number of carbonyl (C=O) groups excluding carboxylic acids is 1. The van der Waals surface area contributed by atoms with Crippen molar-refractivity contribution in [2.24, 2.45) is 0 Å². The van der Waals surface area contributed by atoms with Crippen LogP contribution in [0.2, 0.25) is 5.02 Å². The number of amides is 1. The van der Waals surface area contributed by atoms with E-state index in [1.807, 2.05) is 48.0 Å². The molecule has 1 amide bonds. The van der Waals surface area contributed by atoms with Crippen LogP contribution in [0.15, 0.2) is 78.9 Å². The highest BCUT2D eigenvalue weighted by Crippen LogP contribution is 2.19. The minimum absolute atomic E-state index is 0.00290. The molecule has 0 radical (unpaired) electrons. The predicted octanol–water partition coefficient (Wildman–Crippen LogP) is 5.63. The molecule has 0 aliphatic rings. The Morgan fingerprint density at radius 3 is 2.50 bits per heavy atom. The number of nitrogens with one attached hydrogen (secondary N) is 1. The maximum atomic E-state index is 12.8. The lowest BCUT2D eigenvalue weighted by Crippen LogP contribution is -2.13. The second kappa shape index (κ2) is 10.2. The number of aromatic nitrogens is 2. The van der Waals surface area contributed by atoms with Gasteiger partial charge in [0.25, 0.3) is 11.6 Å². The van der Waals surface area contributed by atoms with Crippen LogP contribution >= 0.6 is 11.6 Å². The molecular weight excluding hydrogens is 456 g/mol. The Bertz CT molecular complexity index is 1320. The van der Waals surface area contributed by atoms with Crippen molar-refractivity contribution in [2.45, 2.75) is 20.1 Å². The van der Waals surface area contributed by atoms with E-state index in [-0.39, 0.29) is 18.2 Å². The molecule has 0 spiro atoms. The van der Waals surface area contributed by atoms with Gasteiger partial charge in [0.15, 0.2) is 5.82 Å². The van der Waals surface area contributed by atoms with E-state index in [1.165, 1.54) is 24.3 Å². The Hall–Kier alpha value is -4.17. The van der Waals surface area contributed by atoms with Crippen molar-refractivity contribution in [3.05, 3.63) is 116 Å². The van der Waals surface area contributed by atoms with Crippen LogP contribution in [0.3, 0.4) is 0 Å². The number of halogens is 1. The molecule has 0 aliphatic carbocycles. The average molecular weight is 477 g/mol. The highest BCUT2D eigenvalue weighted by Gasteiger charge is 2.12. The molecule has 0 saturated heterocycles. The summed E-state index contributed by atoms with van der Waals surface area (Å²) < 4.78 is 7.50. The summed E-state index contributed by atoms with van der Waals surface area (Å²) >= 11 is 5.94. The molecule has 0 aliphatic heterocycles. The summed E-state index contributed by atoms with van der Waals surface area (Å²) in [6, 6.07) is 22.2. The van der Waals surface area contributed by atoms with Crippen LogP contribution in [-0.4, -0.2) is 20.6 Å². The molecule has 1 aromatic heterocycles. The predicted molar refractivity (Wildman–Crippen MR) is 129 cm³/mol. The maximum Gasteiger partial charge on any atom is 0.269 e. The Morgan fingerprint density at radius 2 is 1.79 bits per heavy atom. The lowest BCUT2D eigenvalue weighted by atomic mass is 10.1. The van der Waals surface area contributed by atoms with Gasteiger partial charge in [0.2, 0.25) is 0 Å². The van der Waals surface area contributed by atoms with E-state index in [4.69, 9.17) is 16.3 Å². The molecule has 4 rings (SSSR count). The molecular formula is C25H21ClN4O4. The number of benzene rings is 3. The van der Waals surface area contributed by atoms with Crippen LogP contribution < -0.4 is 10.1 Å². The minimum atomic E-state index is -0.464. The van der Waals surface area contributed by atoms with E-state index in [2.05, 4.69) is 10.4 Å². The first-order valence-corrected chi connectivity index (χ1v) is 10.8. The molecule has 9 heteroatoms. The minimum Gasteiger partial charge on any atom is -0.489 e. The second-order valence-electron chi connectivity index (χ2n) is 7.65. The third kappa shape index (κ3) is 5.79.